The Hall–Kier alpha value is -3.37. The monoisotopic (exact) mass is 321 g/mol. The Morgan fingerprint density at radius 2 is 1.16 bits per heavy atom. The summed E-state index contributed by atoms with van der Waals surface area (Å²) in [5, 5.41) is 9.13. The molecule has 0 fully saturated rings. The van der Waals surface area contributed by atoms with Crippen LogP contribution in [-0.2, 0) is 0 Å². The maximum atomic E-state index is 9.13. The molecule has 3 rings (SSSR count). The maximum absolute atomic E-state index is 9.13. The van der Waals surface area contributed by atoms with E-state index in [4.69, 9.17) is 5.26 Å². The van der Waals surface area contributed by atoms with Crippen LogP contribution in [0.1, 0.15) is 33.4 Å². The van der Waals surface area contributed by atoms with Gasteiger partial charge in [-0.3, -0.25) is 0 Å². The fraction of sp³-hybridized carbons (Fsp3) is 0.0417. The molecule has 0 aliphatic carbocycles. The van der Waals surface area contributed by atoms with E-state index in [1.807, 2.05) is 36.4 Å². The van der Waals surface area contributed by atoms with Gasteiger partial charge in [-0.15, -0.1) is 0 Å². The van der Waals surface area contributed by atoms with Crippen molar-refractivity contribution in [3.63, 3.8) is 0 Å². The highest BCUT2D eigenvalue weighted by Gasteiger charge is 1.96. The van der Waals surface area contributed by atoms with Gasteiger partial charge in [0, 0.05) is 0 Å². The number of rotatable bonds is 4. The second-order valence-corrected chi connectivity index (χ2v) is 5.89. The molecule has 1 nitrogen and oxygen atoms in total. The van der Waals surface area contributed by atoms with Gasteiger partial charge >= 0.3 is 0 Å². The molecule has 0 heterocycles. The van der Waals surface area contributed by atoms with Gasteiger partial charge in [0.25, 0.3) is 0 Å². The lowest BCUT2D eigenvalue weighted by molar-refractivity contribution is 1.45. The summed E-state index contributed by atoms with van der Waals surface area (Å²) in [5.74, 6) is 0. The third-order valence-corrected chi connectivity index (χ3v) is 4.12. The van der Waals surface area contributed by atoms with E-state index in [0.717, 1.165) is 16.7 Å². The molecule has 0 saturated carbocycles. The standard InChI is InChI=1S/C24H19N/c1-19-6-2-3-7-22(19)16-14-20-10-12-21(13-11-20)15-17-23-8-4-5-9-24(23)18-25/h2-17H,1H3/b16-14+,17-15+. The molecule has 0 aliphatic heterocycles. The zero-order valence-corrected chi connectivity index (χ0v) is 14.2. The topological polar surface area (TPSA) is 23.8 Å². The van der Waals surface area contributed by atoms with Crippen molar-refractivity contribution in [1.29, 1.82) is 5.26 Å². The minimum Gasteiger partial charge on any atom is -0.192 e. The summed E-state index contributed by atoms with van der Waals surface area (Å²) < 4.78 is 0. The molecular weight excluding hydrogens is 302 g/mol. The highest BCUT2D eigenvalue weighted by atomic mass is 14.2. The molecule has 1 heteroatoms. The minimum absolute atomic E-state index is 0.691. The van der Waals surface area contributed by atoms with E-state index in [1.54, 1.807) is 0 Å². The number of hydrogen-bond acceptors (Lipinski definition) is 1. The first kappa shape index (κ1) is 16.5. The third kappa shape index (κ3) is 4.34. The van der Waals surface area contributed by atoms with Crippen LogP contribution in [0.2, 0.25) is 0 Å². The van der Waals surface area contributed by atoms with Gasteiger partial charge in [-0.2, -0.15) is 5.26 Å². The number of nitriles is 1. The summed E-state index contributed by atoms with van der Waals surface area (Å²) in [6, 6.07) is 26.6. The average molecular weight is 321 g/mol. The van der Waals surface area contributed by atoms with Crippen LogP contribution < -0.4 is 0 Å². The Balaban J connectivity index is 1.73. The lowest BCUT2D eigenvalue weighted by atomic mass is 10.0. The highest BCUT2D eigenvalue weighted by molar-refractivity contribution is 5.74. The summed E-state index contributed by atoms with van der Waals surface area (Å²) in [5.41, 5.74) is 6.41. The van der Waals surface area contributed by atoms with Crippen molar-refractivity contribution in [3.05, 3.63) is 106 Å². The zero-order chi connectivity index (χ0) is 17.5. The van der Waals surface area contributed by atoms with E-state index in [-0.39, 0.29) is 0 Å². The molecule has 0 radical (unpaired) electrons. The van der Waals surface area contributed by atoms with E-state index in [2.05, 4.69) is 73.7 Å². The van der Waals surface area contributed by atoms with Gasteiger partial charge in [0.2, 0.25) is 0 Å². The molecule has 0 aliphatic rings. The van der Waals surface area contributed by atoms with Crippen LogP contribution in [-0.4, -0.2) is 0 Å². The second-order valence-electron chi connectivity index (χ2n) is 5.89. The number of aryl methyl sites for hydroxylation is 1. The van der Waals surface area contributed by atoms with Crippen LogP contribution in [0.5, 0.6) is 0 Å². The molecule has 0 aromatic heterocycles. The fourth-order valence-corrected chi connectivity index (χ4v) is 2.61. The molecule has 0 N–H and O–H groups in total. The Morgan fingerprint density at radius 3 is 1.76 bits per heavy atom. The number of nitrogens with zero attached hydrogens (tertiary/aromatic N) is 1. The molecule has 120 valence electrons. The number of benzene rings is 3. The molecule has 0 bridgehead atoms. The van der Waals surface area contributed by atoms with Gasteiger partial charge in [-0.1, -0.05) is 91.0 Å². The molecule has 0 spiro atoms. The molecule has 3 aromatic rings. The van der Waals surface area contributed by atoms with E-state index >= 15 is 0 Å². The fourth-order valence-electron chi connectivity index (χ4n) is 2.61. The first-order chi connectivity index (χ1) is 12.3. The van der Waals surface area contributed by atoms with Crippen molar-refractivity contribution in [1.82, 2.24) is 0 Å². The molecule has 25 heavy (non-hydrogen) atoms. The second kappa shape index (κ2) is 7.95. The minimum atomic E-state index is 0.691. The first-order valence-corrected chi connectivity index (χ1v) is 8.27. The van der Waals surface area contributed by atoms with Crippen LogP contribution in [0.15, 0.2) is 72.8 Å². The van der Waals surface area contributed by atoms with Gasteiger partial charge in [0.1, 0.15) is 0 Å². The quantitative estimate of drug-likeness (QED) is 0.524. The van der Waals surface area contributed by atoms with Crippen LogP contribution in [0.25, 0.3) is 24.3 Å². The van der Waals surface area contributed by atoms with E-state index in [0.29, 0.717) is 5.56 Å². The summed E-state index contributed by atoms with van der Waals surface area (Å²) in [7, 11) is 0. The first-order valence-electron chi connectivity index (χ1n) is 8.27. The van der Waals surface area contributed by atoms with Crippen molar-refractivity contribution < 1.29 is 0 Å². The number of hydrogen-bond donors (Lipinski definition) is 0. The lowest BCUT2D eigenvalue weighted by Gasteiger charge is -2.00. The highest BCUT2D eigenvalue weighted by Crippen LogP contribution is 2.15. The molecular formula is C24H19N. The summed E-state index contributed by atoms with van der Waals surface area (Å²) >= 11 is 0. The predicted octanol–water partition coefficient (Wildman–Crippen LogP) is 6.21. The van der Waals surface area contributed by atoms with Crippen molar-refractivity contribution >= 4 is 24.3 Å². The zero-order valence-electron chi connectivity index (χ0n) is 14.2. The van der Waals surface area contributed by atoms with Crippen LogP contribution >= 0.6 is 0 Å². The molecule has 0 atom stereocenters. The van der Waals surface area contributed by atoms with E-state index < -0.39 is 0 Å². The summed E-state index contributed by atoms with van der Waals surface area (Å²) in [4.78, 5) is 0. The smallest absolute Gasteiger partial charge is 0.0997 e. The molecule has 0 unspecified atom stereocenters. The lowest BCUT2D eigenvalue weighted by Crippen LogP contribution is -1.80. The Morgan fingerprint density at radius 1 is 0.640 bits per heavy atom. The van der Waals surface area contributed by atoms with Gasteiger partial charge in [0.05, 0.1) is 11.6 Å². The molecule has 0 amide bonds. The predicted molar refractivity (Wildman–Crippen MR) is 107 cm³/mol. The van der Waals surface area contributed by atoms with Crippen LogP contribution in [0.4, 0.5) is 0 Å². The Kier molecular flexibility index (Phi) is 5.24. The molecule has 0 saturated heterocycles. The van der Waals surface area contributed by atoms with Crippen LogP contribution in [0, 0.1) is 18.3 Å². The SMILES string of the molecule is Cc1ccccc1/C=C/c1ccc(/C=C/c2ccccc2C#N)cc1. The van der Waals surface area contributed by atoms with Crippen molar-refractivity contribution in [2.45, 2.75) is 6.92 Å². The third-order valence-electron chi connectivity index (χ3n) is 4.12. The van der Waals surface area contributed by atoms with Gasteiger partial charge < -0.3 is 0 Å². The Labute approximate surface area is 149 Å². The Bertz CT molecular complexity index is 954. The van der Waals surface area contributed by atoms with Gasteiger partial charge in [-0.25, -0.2) is 0 Å². The van der Waals surface area contributed by atoms with Crippen molar-refractivity contribution in [2.75, 3.05) is 0 Å². The van der Waals surface area contributed by atoms with Gasteiger partial charge in [-0.05, 0) is 40.8 Å². The average Bonchev–Trinajstić information content (AvgIpc) is 2.67. The van der Waals surface area contributed by atoms with E-state index in [1.165, 1.54) is 11.1 Å². The van der Waals surface area contributed by atoms with Crippen LogP contribution in [0.3, 0.4) is 0 Å². The van der Waals surface area contributed by atoms with E-state index in [9.17, 15) is 0 Å². The van der Waals surface area contributed by atoms with Crippen molar-refractivity contribution in [2.24, 2.45) is 0 Å². The molecule has 3 aromatic carbocycles. The normalized spacial score (nSPS) is 11.0. The largest absolute Gasteiger partial charge is 0.192 e. The summed E-state index contributed by atoms with van der Waals surface area (Å²) in [6.07, 6.45) is 8.28. The summed E-state index contributed by atoms with van der Waals surface area (Å²) in [6.45, 7) is 2.12. The maximum Gasteiger partial charge on any atom is 0.0997 e. The van der Waals surface area contributed by atoms with Crippen molar-refractivity contribution in [3.8, 4) is 6.07 Å². The van der Waals surface area contributed by atoms with Gasteiger partial charge in [0.15, 0.2) is 0 Å².